The Morgan fingerprint density at radius 2 is 2.03 bits per heavy atom. The van der Waals surface area contributed by atoms with Crippen molar-refractivity contribution in [3.05, 3.63) is 41.0 Å². The normalized spacial score (nSPS) is 26.8. The lowest BCUT2D eigenvalue weighted by atomic mass is 9.97. The van der Waals surface area contributed by atoms with E-state index in [0.717, 1.165) is 31.9 Å². The molecule has 9 heteroatoms. The molecule has 1 unspecified atom stereocenters. The topological polar surface area (TPSA) is 77.8 Å². The summed E-state index contributed by atoms with van der Waals surface area (Å²) in [7, 11) is 0. The molecule has 0 bridgehead atoms. The molecular formula is C20H25Cl2N7. The van der Waals surface area contributed by atoms with Crippen LogP contribution in [-0.2, 0) is 0 Å². The molecule has 0 saturated carbocycles. The molecule has 1 saturated heterocycles. The second kappa shape index (κ2) is 8.42. The Balaban J connectivity index is 1.53. The van der Waals surface area contributed by atoms with Crippen LogP contribution in [0.5, 0.6) is 0 Å². The van der Waals surface area contributed by atoms with Gasteiger partial charge in [0.25, 0.3) is 0 Å². The number of nitrogens with one attached hydrogen (secondary N) is 2. The molecule has 2 N–H and O–H groups in total. The first kappa shape index (κ1) is 20.3. The Kier molecular flexibility index (Phi) is 5.90. The summed E-state index contributed by atoms with van der Waals surface area (Å²) in [5, 5.41) is 6.90. The van der Waals surface area contributed by atoms with Crippen molar-refractivity contribution in [3.8, 4) is 0 Å². The van der Waals surface area contributed by atoms with Crippen LogP contribution in [0, 0.1) is 5.92 Å². The largest absolute Gasteiger partial charge is 0.323 e. The van der Waals surface area contributed by atoms with Gasteiger partial charge in [0.2, 0.25) is 11.9 Å². The van der Waals surface area contributed by atoms with Crippen LogP contribution in [0.4, 0.5) is 5.95 Å². The van der Waals surface area contributed by atoms with Gasteiger partial charge < -0.3 is 15.5 Å². The first-order valence-corrected chi connectivity index (χ1v) is 10.7. The second-order valence-corrected chi connectivity index (χ2v) is 8.81. The zero-order chi connectivity index (χ0) is 20.4. The fourth-order valence-corrected chi connectivity index (χ4v) is 4.11. The number of aromatic nitrogens is 2. The maximum Gasteiger partial charge on any atom is 0.227 e. The van der Waals surface area contributed by atoms with Crippen molar-refractivity contribution in [2.75, 3.05) is 31.5 Å². The molecule has 3 aliphatic rings. The second-order valence-electron chi connectivity index (χ2n) is 7.65. The van der Waals surface area contributed by atoms with E-state index in [-0.39, 0.29) is 0 Å². The summed E-state index contributed by atoms with van der Waals surface area (Å²) in [5.74, 6) is 1.62. The maximum absolute atomic E-state index is 6.64. The number of hydrogen-bond acceptors (Lipinski definition) is 5. The van der Waals surface area contributed by atoms with Crippen LogP contribution < -0.4 is 10.6 Å². The molecule has 7 nitrogen and oxygen atoms in total. The molecule has 3 heterocycles. The van der Waals surface area contributed by atoms with Gasteiger partial charge in [0.05, 0.1) is 21.3 Å². The van der Waals surface area contributed by atoms with Gasteiger partial charge in [0, 0.05) is 18.9 Å². The van der Waals surface area contributed by atoms with E-state index in [0.29, 0.717) is 34.3 Å². The van der Waals surface area contributed by atoms with Crippen LogP contribution >= 0.6 is 23.2 Å². The van der Waals surface area contributed by atoms with Gasteiger partial charge >= 0.3 is 0 Å². The minimum absolute atomic E-state index is 0.435. The minimum Gasteiger partial charge on any atom is -0.323 e. The molecule has 0 amide bonds. The van der Waals surface area contributed by atoms with E-state index in [1.165, 1.54) is 12.8 Å². The first-order valence-electron chi connectivity index (χ1n) is 9.95. The number of fused-ring (bicyclic) bond motifs is 1. The van der Waals surface area contributed by atoms with E-state index >= 15 is 0 Å². The van der Waals surface area contributed by atoms with Crippen LogP contribution in [-0.4, -0.2) is 57.6 Å². The third-order valence-corrected chi connectivity index (χ3v) is 6.45. The molecule has 0 spiro atoms. The molecule has 154 valence electrons. The average molecular weight is 434 g/mol. The van der Waals surface area contributed by atoms with Crippen molar-refractivity contribution < 1.29 is 0 Å². The number of piperidine rings is 1. The maximum atomic E-state index is 6.64. The summed E-state index contributed by atoms with van der Waals surface area (Å²) in [4.78, 5) is 19.4. The smallest absolute Gasteiger partial charge is 0.227 e. The van der Waals surface area contributed by atoms with Crippen molar-refractivity contribution in [1.29, 1.82) is 0 Å². The predicted molar refractivity (Wildman–Crippen MR) is 119 cm³/mol. The Bertz CT molecular complexity index is 881. The monoisotopic (exact) mass is 433 g/mol. The number of rotatable bonds is 5. The van der Waals surface area contributed by atoms with E-state index < -0.39 is 4.87 Å². The molecular weight excluding hydrogens is 409 g/mol. The highest BCUT2D eigenvalue weighted by Gasteiger charge is 2.38. The van der Waals surface area contributed by atoms with E-state index in [2.05, 4.69) is 37.4 Å². The summed E-state index contributed by atoms with van der Waals surface area (Å²) < 4.78 is 0. The third-order valence-electron chi connectivity index (χ3n) is 5.48. The van der Waals surface area contributed by atoms with Crippen molar-refractivity contribution in [3.63, 3.8) is 0 Å². The van der Waals surface area contributed by atoms with E-state index in [1.807, 2.05) is 13.0 Å². The highest BCUT2D eigenvalue weighted by Crippen LogP contribution is 2.38. The molecule has 1 aromatic heterocycles. The van der Waals surface area contributed by atoms with Crippen molar-refractivity contribution >= 4 is 40.8 Å². The van der Waals surface area contributed by atoms with Gasteiger partial charge in [-0.25, -0.2) is 15.0 Å². The van der Waals surface area contributed by atoms with Gasteiger partial charge in [-0.05, 0) is 57.5 Å². The number of hydrogen-bond donors (Lipinski definition) is 2. The van der Waals surface area contributed by atoms with Gasteiger partial charge in [0.15, 0.2) is 0 Å². The molecule has 1 aliphatic carbocycles. The molecule has 2 aliphatic heterocycles. The van der Waals surface area contributed by atoms with Crippen molar-refractivity contribution in [1.82, 2.24) is 20.2 Å². The Hall–Kier alpha value is -1.96. The van der Waals surface area contributed by atoms with Gasteiger partial charge in [-0.2, -0.15) is 0 Å². The van der Waals surface area contributed by atoms with Gasteiger partial charge in [-0.3, -0.25) is 4.99 Å². The quantitative estimate of drug-likeness (QED) is 0.695. The Morgan fingerprint density at radius 3 is 2.72 bits per heavy atom. The lowest BCUT2D eigenvalue weighted by Crippen LogP contribution is -2.34. The molecule has 1 aromatic rings. The molecule has 1 fully saturated rings. The first-order chi connectivity index (χ1) is 14.0. The Labute approximate surface area is 181 Å². The van der Waals surface area contributed by atoms with Crippen LogP contribution in [0.1, 0.15) is 26.7 Å². The lowest BCUT2D eigenvalue weighted by molar-refractivity contribution is 0.196. The van der Waals surface area contributed by atoms with Gasteiger partial charge in [-0.15, -0.1) is 11.6 Å². The number of likely N-dealkylation sites (tertiary alicyclic amines) is 1. The van der Waals surface area contributed by atoms with E-state index in [1.54, 1.807) is 18.5 Å². The SMILES string of the molecule is CCN1CCC(CN=C2N=C3C(=CC(C)(Cl)C(Cl)=C3Nc3ncccn3)N2)CC1. The highest BCUT2D eigenvalue weighted by molar-refractivity contribution is 6.44. The fraction of sp³-hybridized carbons (Fsp3) is 0.500. The molecule has 0 aromatic carbocycles. The summed E-state index contributed by atoms with van der Waals surface area (Å²) in [6, 6.07) is 1.75. The lowest BCUT2D eigenvalue weighted by Gasteiger charge is -2.30. The van der Waals surface area contributed by atoms with Gasteiger partial charge in [-0.1, -0.05) is 18.5 Å². The van der Waals surface area contributed by atoms with Crippen LogP contribution in [0.15, 0.2) is 50.9 Å². The summed E-state index contributed by atoms with van der Waals surface area (Å²) in [5.41, 5.74) is 2.08. The van der Waals surface area contributed by atoms with Crippen molar-refractivity contribution in [2.45, 2.75) is 31.6 Å². The number of aliphatic imine (C=N–C) groups is 2. The third kappa shape index (κ3) is 4.47. The number of alkyl halides is 1. The number of halogens is 2. The summed E-state index contributed by atoms with van der Waals surface area (Å²) in [6.45, 7) is 8.23. The zero-order valence-electron chi connectivity index (χ0n) is 16.6. The molecule has 29 heavy (non-hydrogen) atoms. The number of anilines is 1. The predicted octanol–water partition coefficient (Wildman–Crippen LogP) is 3.37. The van der Waals surface area contributed by atoms with Crippen LogP contribution in [0.25, 0.3) is 0 Å². The molecule has 1 atom stereocenters. The minimum atomic E-state index is -0.859. The standard InChI is InChI=1S/C20H25Cl2N7/c1-3-29-9-5-13(6-10-29)12-25-19-26-14-11-20(2,22)17(21)16(15(14)27-19)28-18-23-7-4-8-24-18/h4,7-8,11,13H,3,5-6,9-10,12H2,1-2H3,(H,25,26)(H,23,24,28). The number of guanidine groups is 1. The van der Waals surface area contributed by atoms with Gasteiger partial charge in [0.1, 0.15) is 5.71 Å². The zero-order valence-corrected chi connectivity index (χ0v) is 18.1. The molecule has 4 rings (SSSR count). The van der Waals surface area contributed by atoms with Crippen LogP contribution in [0.3, 0.4) is 0 Å². The van der Waals surface area contributed by atoms with Crippen molar-refractivity contribution in [2.24, 2.45) is 15.9 Å². The van der Waals surface area contributed by atoms with E-state index in [4.69, 9.17) is 28.2 Å². The number of allylic oxidation sites excluding steroid dienone is 2. The number of nitrogens with zero attached hydrogens (tertiary/aromatic N) is 5. The molecule has 0 radical (unpaired) electrons. The summed E-state index contributed by atoms with van der Waals surface area (Å²) >= 11 is 13.2. The van der Waals surface area contributed by atoms with E-state index in [9.17, 15) is 0 Å². The highest BCUT2D eigenvalue weighted by atomic mass is 35.5. The summed E-state index contributed by atoms with van der Waals surface area (Å²) in [6.07, 6.45) is 7.54. The fourth-order valence-electron chi connectivity index (χ4n) is 3.72. The average Bonchev–Trinajstić information content (AvgIpc) is 3.12. The Morgan fingerprint density at radius 1 is 1.31 bits per heavy atom. The van der Waals surface area contributed by atoms with Crippen LogP contribution in [0.2, 0.25) is 0 Å².